The van der Waals surface area contributed by atoms with Crippen molar-refractivity contribution in [1.82, 2.24) is 0 Å². The van der Waals surface area contributed by atoms with Gasteiger partial charge < -0.3 is 5.32 Å². The van der Waals surface area contributed by atoms with Crippen LogP contribution in [0, 0.1) is 13.8 Å². The summed E-state index contributed by atoms with van der Waals surface area (Å²) in [5.41, 5.74) is 5.22. The van der Waals surface area contributed by atoms with Crippen LogP contribution in [0.1, 0.15) is 22.3 Å². The Bertz CT molecular complexity index is 605. The van der Waals surface area contributed by atoms with E-state index in [0.717, 1.165) is 22.4 Å². The van der Waals surface area contributed by atoms with Crippen molar-refractivity contribution in [2.75, 3.05) is 5.32 Å². The lowest BCUT2D eigenvalue weighted by Gasteiger charge is -2.09. The smallest absolute Gasteiger partial charge is 0.228 e. The lowest BCUT2D eigenvalue weighted by atomic mass is 10.0. The van der Waals surface area contributed by atoms with E-state index in [-0.39, 0.29) is 5.91 Å². The summed E-state index contributed by atoms with van der Waals surface area (Å²) < 4.78 is 0. The third-order valence-electron chi connectivity index (χ3n) is 3.25. The Morgan fingerprint density at radius 1 is 1.10 bits per heavy atom. The molecule has 2 aromatic carbocycles. The monoisotopic (exact) mass is 287 g/mol. The molecule has 0 spiro atoms. The number of halogens is 1. The zero-order valence-corrected chi connectivity index (χ0v) is 12.5. The topological polar surface area (TPSA) is 29.1 Å². The third-order valence-corrected chi connectivity index (χ3v) is 3.56. The van der Waals surface area contributed by atoms with Gasteiger partial charge in [-0.1, -0.05) is 35.9 Å². The molecule has 2 nitrogen and oxygen atoms in total. The summed E-state index contributed by atoms with van der Waals surface area (Å²) in [6.45, 7) is 4.06. The lowest BCUT2D eigenvalue weighted by Crippen LogP contribution is -2.15. The zero-order chi connectivity index (χ0) is 14.5. The molecule has 0 aliphatic rings. The van der Waals surface area contributed by atoms with Gasteiger partial charge in [-0.05, 0) is 42.7 Å². The molecular formula is C17H18ClNO. The number of nitrogens with one attached hydrogen (secondary N) is 1. The summed E-state index contributed by atoms with van der Waals surface area (Å²) in [4.78, 5) is 12.1. The first-order valence-electron chi connectivity index (χ1n) is 6.59. The predicted octanol–water partition coefficient (Wildman–Crippen LogP) is 4.22. The first-order valence-corrected chi connectivity index (χ1v) is 7.13. The molecule has 2 aromatic rings. The average molecular weight is 288 g/mol. The van der Waals surface area contributed by atoms with Crippen LogP contribution in [0.3, 0.4) is 0 Å². The van der Waals surface area contributed by atoms with Crippen molar-refractivity contribution in [3.8, 4) is 0 Å². The molecule has 0 radical (unpaired) electrons. The maximum absolute atomic E-state index is 12.1. The van der Waals surface area contributed by atoms with E-state index >= 15 is 0 Å². The van der Waals surface area contributed by atoms with Gasteiger partial charge in [0.25, 0.3) is 0 Å². The van der Waals surface area contributed by atoms with Gasteiger partial charge >= 0.3 is 0 Å². The number of amides is 1. The van der Waals surface area contributed by atoms with Gasteiger partial charge in [0.1, 0.15) is 0 Å². The Morgan fingerprint density at radius 3 is 2.45 bits per heavy atom. The first kappa shape index (κ1) is 14.6. The largest absolute Gasteiger partial charge is 0.326 e. The molecule has 0 aromatic heterocycles. The molecule has 0 saturated carbocycles. The molecule has 0 aliphatic carbocycles. The van der Waals surface area contributed by atoms with E-state index in [4.69, 9.17) is 11.6 Å². The van der Waals surface area contributed by atoms with Crippen molar-refractivity contribution >= 4 is 23.2 Å². The van der Waals surface area contributed by atoms with Crippen LogP contribution in [0.25, 0.3) is 0 Å². The van der Waals surface area contributed by atoms with Crippen molar-refractivity contribution in [3.05, 3.63) is 64.7 Å². The number of carbonyl (C=O) groups is 1. The Labute approximate surface area is 124 Å². The van der Waals surface area contributed by atoms with E-state index in [1.54, 1.807) is 0 Å². The Morgan fingerprint density at radius 2 is 1.80 bits per heavy atom. The van der Waals surface area contributed by atoms with Gasteiger partial charge in [-0.25, -0.2) is 0 Å². The summed E-state index contributed by atoms with van der Waals surface area (Å²) in [7, 11) is 0. The van der Waals surface area contributed by atoms with Crippen LogP contribution in [0.4, 0.5) is 5.69 Å². The fourth-order valence-corrected chi connectivity index (χ4v) is 2.22. The summed E-state index contributed by atoms with van der Waals surface area (Å²) in [5.74, 6) is 0.480. The average Bonchev–Trinajstić information content (AvgIpc) is 2.43. The summed E-state index contributed by atoms with van der Waals surface area (Å²) in [6.07, 6.45) is 0.394. The molecule has 3 heteroatoms. The molecule has 2 rings (SSSR count). The standard InChI is InChI=1S/C17H18ClNO/c1-12-3-4-13(2)15(9-12)10-17(20)19-16-7-5-14(11-18)6-8-16/h3-9H,10-11H2,1-2H3,(H,19,20). The van der Waals surface area contributed by atoms with E-state index in [0.29, 0.717) is 12.3 Å². The zero-order valence-electron chi connectivity index (χ0n) is 11.7. The van der Waals surface area contributed by atoms with Crippen molar-refractivity contribution in [2.24, 2.45) is 0 Å². The first-order chi connectivity index (χ1) is 9.58. The van der Waals surface area contributed by atoms with Crippen LogP contribution in [-0.2, 0) is 17.1 Å². The Balaban J connectivity index is 2.03. The van der Waals surface area contributed by atoms with Crippen LogP contribution in [-0.4, -0.2) is 5.91 Å². The number of carbonyl (C=O) groups excluding carboxylic acids is 1. The number of benzene rings is 2. The molecule has 0 bridgehead atoms. The second-order valence-corrected chi connectivity index (χ2v) is 5.25. The van der Waals surface area contributed by atoms with Crippen LogP contribution >= 0.6 is 11.6 Å². The molecule has 0 atom stereocenters. The molecule has 0 unspecified atom stereocenters. The summed E-state index contributed by atoms with van der Waals surface area (Å²) >= 11 is 5.74. The van der Waals surface area contributed by atoms with E-state index in [1.165, 1.54) is 5.56 Å². The molecule has 0 heterocycles. The van der Waals surface area contributed by atoms with Crippen molar-refractivity contribution in [1.29, 1.82) is 0 Å². The van der Waals surface area contributed by atoms with Crippen LogP contribution in [0.15, 0.2) is 42.5 Å². The Kier molecular flexibility index (Phi) is 4.80. The fraction of sp³-hybridized carbons (Fsp3) is 0.235. The number of rotatable bonds is 4. The number of hydrogen-bond acceptors (Lipinski definition) is 1. The molecule has 1 N–H and O–H groups in total. The van der Waals surface area contributed by atoms with E-state index in [2.05, 4.69) is 17.4 Å². The number of hydrogen-bond donors (Lipinski definition) is 1. The van der Waals surface area contributed by atoms with Gasteiger partial charge in [-0.2, -0.15) is 0 Å². The van der Waals surface area contributed by atoms with Crippen molar-refractivity contribution in [3.63, 3.8) is 0 Å². The highest BCUT2D eigenvalue weighted by Gasteiger charge is 2.07. The minimum absolute atomic E-state index is 0.00248. The van der Waals surface area contributed by atoms with Crippen molar-refractivity contribution < 1.29 is 4.79 Å². The minimum atomic E-state index is -0.00248. The third kappa shape index (κ3) is 3.84. The van der Waals surface area contributed by atoms with Crippen LogP contribution in [0.5, 0.6) is 0 Å². The molecule has 20 heavy (non-hydrogen) atoms. The van der Waals surface area contributed by atoms with Gasteiger partial charge in [-0.15, -0.1) is 11.6 Å². The van der Waals surface area contributed by atoms with Gasteiger partial charge in [0.2, 0.25) is 5.91 Å². The molecular weight excluding hydrogens is 270 g/mol. The van der Waals surface area contributed by atoms with Crippen molar-refractivity contribution in [2.45, 2.75) is 26.1 Å². The number of aryl methyl sites for hydroxylation is 2. The molecule has 104 valence electrons. The molecule has 1 amide bonds. The fourth-order valence-electron chi connectivity index (χ4n) is 2.05. The lowest BCUT2D eigenvalue weighted by molar-refractivity contribution is -0.115. The van der Waals surface area contributed by atoms with Gasteiger partial charge in [0.05, 0.1) is 6.42 Å². The number of anilines is 1. The summed E-state index contributed by atoms with van der Waals surface area (Å²) in [5, 5.41) is 2.91. The van der Waals surface area contributed by atoms with Crippen LogP contribution in [0.2, 0.25) is 0 Å². The summed E-state index contributed by atoms with van der Waals surface area (Å²) in [6, 6.07) is 13.7. The van der Waals surface area contributed by atoms with E-state index in [1.807, 2.05) is 44.2 Å². The van der Waals surface area contributed by atoms with Gasteiger partial charge in [0, 0.05) is 11.6 Å². The SMILES string of the molecule is Cc1ccc(C)c(CC(=O)Nc2ccc(CCl)cc2)c1. The maximum Gasteiger partial charge on any atom is 0.228 e. The molecule has 0 aliphatic heterocycles. The van der Waals surface area contributed by atoms with E-state index < -0.39 is 0 Å². The molecule has 0 fully saturated rings. The highest BCUT2D eigenvalue weighted by atomic mass is 35.5. The van der Waals surface area contributed by atoms with Gasteiger partial charge in [0.15, 0.2) is 0 Å². The minimum Gasteiger partial charge on any atom is -0.326 e. The second-order valence-electron chi connectivity index (χ2n) is 4.99. The predicted molar refractivity (Wildman–Crippen MR) is 84.2 cm³/mol. The highest BCUT2D eigenvalue weighted by molar-refractivity contribution is 6.17. The quantitative estimate of drug-likeness (QED) is 0.838. The van der Waals surface area contributed by atoms with E-state index in [9.17, 15) is 4.79 Å². The molecule has 0 saturated heterocycles. The highest BCUT2D eigenvalue weighted by Crippen LogP contribution is 2.14. The second kappa shape index (κ2) is 6.58. The Hall–Kier alpha value is -1.80. The van der Waals surface area contributed by atoms with Gasteiger partial charge in [-0.3, -0.25) is 4.79 Å². The normalized spacial score (nSPS) is 10.3. The van der Waals surface area contributed by atoms with Crippen LogP contribution < -0.4 is 5.32 Å². The number of alkyl halides is 1. The maximum atomic E-state index is 12.1.